The topological polar surface area (TPSA) is 61.3 Å². The maximum Gasteiger partial charge on any atom is 0.156 e. The number of likely N-dealkylation sites (N-methyl/N-ethyl adjacent to an activating group) is 1. The van der Waals surface area contributed by atoms with E-state index < -0.39 is 5.82 Å². The highest BCUT2D eigenvalue weighted by Gasteiger charge is 2.20. The zero-order valence-corrected chi connectivity index (χ0v) is 14.6. The van der Waals surface area contributed by atoms with Crippen LogP contribution in [-0.4, -0.2) is 46.4 Å². The molecule has 134 valence electrons. The molecule has 0 aliphatic carbocycles. The number of benzene rings is 2. The van der Waals surface area contributed by atoms with Gasteiger partial charge in [0, 0.05) is 28.9 Å². The van der Waals surface area contributed by atoms with Crippen molar-refractivity contribution in [2.24, 2.45) is 0 Å². The van der Waals surface area contributed by atoms with Crippen LogP contribution in [0, 0.1) is 5.82 Å². The van der Waals surface area contributed by atoms with E-state index in [0.717, 1.165) is 42.5 Å². The highest BCUT2D eigenvalue weighted by atomic mass is 19.1. The molecule has 1 aliphatic rings. The van der Waals surface area contributed by atoms with Crippen LogP contribution in [0.15, 0.2) is 42.5 Å². The van der Waals surface area contributed by atoms with Crippen molar-refractivity contribution in [2.45, 2.75) is 18.9 Å². The van der Waals surface area contributed by atoms with Crippen molar-refractivity contribution in [1.82, 2.24) is 15.1 Å². The van der Waals surface area contributed by atoms with E-state index >= 15 is 0 Å². The molecule has 1 unspecified atom stereocenters. The smallest absolute Gasteiger partial charge is 0.156 e. The number of anilines is 1. The first-order valence-corrected chi connectivity index (χ1v) is 8.81. The Kier molecular flexibility index (Phi) is 4.42. The van der Waals surface area contributed by atoms with E-state index in [-0.39, 0.29) is 5.75 Å². The number of hydrogen-bond donors (Lipinski definition) is 2. The van der Waals surface area contributed by atoms with Crippen LogP contribution >= 0.6 is 0 Å². The van der Waals surface area contributed by atoms with Crippen LogP contribution in [0.2, 0.25) is 0 Å². The second kappa shape index (κ2) is 6.88. The van der Waals surface area contributed by atoms with Crippen LogP contribution in [-0.2, 0) is 0 Å². The zero-order chi connectivity index (χ0) is 18.1. The predicted molar refractivity (Wildman–Crippen MR) is 101 cm³/mol. The molecular weight excluding hydrogens is 331 g/mol. The molecule has 0 saturated carbocycles. The Morgan fingerprint density at radius 1 is 1.15 bits per heavy atom. The number of nitrogens with one attached hydrogen (secondary N) is 1. The second-order valence-electron chi connectivity index (χ2n) is 6.85. The summed E-state index contributed by atoms with van der Waals surface area (Å²) in [7, 11) is 2.12. The SMILES string of the molecule is CN1CCCC(Nc2nnc(-c3cc(F)ccc3O)c3ccccc23)C1. The Bertz CT molecular complexity index is 946. The van der Waals surface area contributed by atoms with Crippen LogP contribution in [0.25, 0.3) is 22.0 Å². The number of aromatic nitrogens is 2. The Balaban J connectivity index is 1.77. The van der Waals surface area contributed by atoms with Crippen molar-refractivity contribution in [3.63, 3.8) is 0 Å². The number of phenolic OH excluding ortho intramolecular Hbond substituents is 1. The Morgan fingerprint density at radius 2 is 1.96 bits per heavy atom. The van der Waals surface area contributed by atoms with E-state index in [2.05, 4.69) is 27.5 Å². The molecule has 2 N–H and O–H groups in total. The summed E-state index contributed by atoms with van der Waals surface area (Å²) < 4.78 is 13.7. The van der Waals surface area contributed by atoms with Gasteiger partial charge in [-0.05, 0) is 44.6 Å². The van der Waals surface area contributed by atoms with Gasteiger partial charge in [0.25, 0.3) is 0 Å². The van der Waals surface area contributed by atoms with Gasteiger partial charge in [0.2, 0.25) is 0 Å². The first-order valence-electron chi connectivity index (χ1n) is 8.81. The van der Waals surface area contributed by atoms with Gasteiger partial charge in [-0.3, -0.25) is 0 Å². The lowest BCUT2D eigenvalue weighted by Crippen LogP contribution is -2.40. The molecule has 1 saturated heterocycles. The molecule has 6 heteroatoms. The molecule has 1 atom stereocenters. The van der Waals surface area contributed by atoms with Gasteiger partial charge in [0.1, 0.15) is 17.3 Å². The monoisotopic (exact) mass is 352 g/mol. The predicted octanol–water partition coefficient (Wildman–Crippen LogP) is 3.65. The Labute approximate surface area is 151 Å². The van der Waals surface area contributed by atoms with E-state index in [1.165, 1.54) is 18.2 Å². The molecule has 0 bridgehead atoms. The highest BCUT2D eigenvalue weighted by Crippen LogP contribution is 2.35. The van der Waals surface area contributed by atoms with E-state index in [9.17, 15) is 9.50 Å². The first-order chi connectivity index (χ1) is 12.6. The van der Waals surface area contributed by atoms with Gasteiger partial charge in [0.05, 0.1) is 0 Å². The van der Waals surface area contributed by atoms with E-state index in [1.807, 2.05) is 24.3 Å². The van der Waals surface area contributed by atoms with Gasteiger partial charge < -0.3 is 15.3 Å². The number of likely N-dealkylation sites (tertiary alicyclic amines) is 1. The number of hydrogen-bond acceptors (Lipinski definition) is 5. The average molecular weight is 352 g/mol. The molecule has 1 aliphatic heterocycles. The van der Waals surface area contributed by atoms with Crippen molar-refractivity contribution in [3.05, 3.63) is 48.3 Å². The van der Waals surface area contributed by atoms with Crippen molar-refractivity contribution in [2.75, 3.05) is 25.5 Å². The van der Waals surface area contributed by atoms with Crippen LogP contribution in [0.1, 0.15) is 12.8 Å². The summed E-state index contributed by atoms with van der Waals surface area (Å²) in [4.78, 5) is 2.30. The normalized spacial score (nSPS) is 18.2. The van der Waals surface area contributed by atoms with Gasteiger partial charge in [0.15, 0.2) is 5.82 Å². The summed E-state index contributed by atoms with van der Waals surface area (Å²) in [5, 5.41) is 24.1. The summed E-state index contributed by atoms with van der Waals surface area (Å²) in [6, 6.07) is 11.9. The summed E-state index contributed by atoms with van der Waals surface area (Å²) in [6.45, 7) is 2.07. The second-order valence-corrected chi connectivity index (χ2v) is 6.85. The molecule has 1 fully saturated rings. The average Bonchev–Trinajstić information content (AvgIpc) is 2.64. The quantitative estimate of drug-likeness (QED) is 0.753. The van der Waals surface area contributed by atoms with Crippen molar-refractivity contribution in [3.8, 4) is 17.0 Å². The summed E-state index contributed by atoms with van der Waals surface area (Å²) >= 11 is 0. The van der Waals surface area contributed by atoms with E-state index in [0.29, 0.717) is 17.3 Å². The van der Waals surface area contributed by atoms with Crippen molar-refractivity contribution in [1.29, 1.82) is 0 Å². The molecule has 5 nitrogen and oxygen atoms in total. The Morgan fingerprint density at radius 3 is 2.77 bits per heavy atom. The zero-order valence-electron chi connectivity index (χ0n) is 14.6. The summed E-state index contributed by atoms with van der Waals surface area (Å²) in [6.07, 6.45) is 2.24. The van der Waals surface area contributed by atoms with Gasteiger partial charge in [-0.25, -0.2) is 4.39 Å². The van der Waals surface area contributed by atoms with Crippen LogP contribution < -0.4 is 5.32 Å². The molecule has 0 amide bonds. The van der Waals surface area contributed by atoms with Crippen LogP contribution in [0.5, 0.6) is 5.75 Å². The minimum atomic E-state index is -0.420. The van der Waals surface area contributed by atoms with Crippen molar-refractivity contribution < 1.29 is 9.50 Å². The number of halogens is 1. The minimum Gasteiger partial charge on any atom is -0.507 e. The fourth-order valence-corrected chi connectivity index (χ4v) is 3.58. The molecule has 1 aromatic heterocycles. The third kappa shape index (κ3) is 3.20. The van der Waals surface area contributed by atoms with E-state index in [4.69, 9.17) is 0 Å². The van der Waals surface area contributed by atoms with Crippen molar-refractivity contribution >= 4 is 16.6 Å². The lowest BCUT2D eigenvalue weighted by atomic mass is 10.0. The third-order valence-electron chi connectivity index (χ3n) is 4.87. The van der Waals surface area contributed by atoms with Crippen LogP contribution in [0.4, 0.5) is 10.2 Å². The lowest BCUT2D eigenvalue weighted by molar-refractivity contribution is 0.261. The van der Waals surface area contributed by atoms with Crippen LogP contribution in [0.3, 0.4) is 0 Å². The summed E-state index contributed by atoms with van der Waals surface area (Å²) in [5.74, 6) is 0.289. The lowest BCUT2D eigenvalue weighted by Gasteiger charge is -2.30. The number of phenols is 1. The number of piperidine rings is 1. The first kappa shape index (κ1) is 16.7. The standard InChI is InChI=1S/C20H21FN4O/c1-25-10-4-5-14(12-25)22-20-16-7-3-2-6-15(16)19(23-24-20)17-11-13(21)8-9-18(17)26/h2-3,6-9,11,14,26H,4-5,10,12H2,1H3,(H,22,24). The third-order valence-corrected chi connectivity index (χ3v) is 4.87. The molecule has 3 aromatic rings. The number of fused-ring (bicyclic) bond motifs is 1. The molecular formula is C20H21FN4O. The van der Waals surface area contributed by atoms with Gasteiger partial charge in [-0.2, -0.15) is 0 Å². The molecule has 0 spiro atoms. The van der Waals surface area contributed by atoms with Gasteiger partial charge in [-0.1, -0.05) is 24.3 Å². The fraction of sp³-hybridized carbons (Fsp3) is 0.300. The molecule has 2 aromatic carbocycles. The fourth-order valence-electron chi connectivity index (χ4n) is 3.58. The molecule has 0 radical (unpaired) electrons. The maximum absolute atomic E-state index is 13.7. The van der Waals surface area contributed by atoms with E-state index in [1.54, 1.807) is 0 Å². The maximum atomic E-state index is 13.7. The summed E-state index contributed by atoms with van der Waals surface area (Å²) in [5.41, 5.74) is 0.821. The number of aromatic hydroxyl groups is 1. The molecule has 2 heterocycles. The largest absolute Gasteiger partial charge is 0.507 e. The number of nitrogens with zero attached hydrogens (tertiary/aromatic N) is 3. The van der Waals surface area contributed by atoms with Gasteiger partial charge >= 0.3 is 0 Å². The minimum absolute atomic E-state index is 0.0135. The number of rotatable bonds is 3. The molecule has 4 rings (SSSR count). The van der Waals surface area contributed by atoms with Gasteiger partial charge in [-0.15, -0.1) is 10.2 Å². The highest BCUT2D eigenvalue weighted by molar-refractivity contribution is 6.00. The molecule has 26 heavy (non-hydrogen) atoms. The Hall–Kier alpha value is -2.73.